The number of sulfone groups is 1. The van der Waals surface area contributed by atoms with Gasteiger partial charge in [0.15, 0.2) is 15.1 Å². The predicted molar refractivity (Wildman–Crippen MR) is 63.3 cm³/mol. The maximum absolute atomic E-state index is 11.9. The van der Waals surface area contributed by atoms with E-state index in [1.54, 1.807) is 13.0 Å². The third kappa shape index (κ3) is 2.49. The van der Waals surface area contributed by atoms with Crippen LogP contribution in [0.2, 0.25) is 10.0 Å². The van der Waals surface area contributed by atoms with Gasteiger partial charge in [-0.1, -0.05) is 30.1 Å². The van der Waals surface area contributed by atoms with Gasteiger partial charge in [-0.25, -0.2) is 8.42 Å². The largest absolute Gasteiger partial charge is 0.222 e. The fraction of sp³-hybridized carbons (Fsp3) is 0.300. The molecule has 1 rings (SSSR count). The Balaban J connectivity index is 3.29. The van der Waals surface area contributed by atoms with Crippen LogP contribution in [0.3, 0.4) is 0 Å². The van der Waals surface area contributed by atoms with Crippen LogP contribution >= 0.6 is 23.2 Å². The van der Waals surface area contributed by atoms with Crippen LogP contribution in [0.5, 0.6) is 0 Å². The lowest BCUT2D eigenvalue weighted by Crippen LogP contribution is -2.18. The van der Waals surface area contributed by atoms with Gasteiger partial charge in [-0.2, -0.15) is 5.26 Å². The fourth-order valence-electron chi connectivity index (χ4n) is 1.20. The lowest BCUT2D eigenvalue weighted by Gasteiger charge is -2.08. The van der Waals surface area contributed by atoms with E-state index in [4.69, 9.17) is 28.5 Å². The molecule has 1 atom stereocenters. The standard InChI is InChI=1S/C10H9Cl2NO2S/c1-2-7(6-13)16(14,15)8-3-4-9(11)10(12)5-8/h3-5,7H,2H2,1H3. The van der Waals surface area contributed by atoms with Crippen molar-refractivity contribution in [3.05, 3.63) is 28.2 Å². The van der Waals surface area contributed by atoms with Gasteiger partial charge in [0.1, 0.15) is 0 Å². The molecule has 1 unspecified atom stereocenters. The highest BCUT2D eigenvalue weighted by molar-refractivity contribution is 7.92. The van der Waals surface area contributed by atoms with E-state index in [9.17, 15) is 8.42 Å². The van der Waals surface area contributed by atoms with Gasteiger partial charge < -0.3 is 0 Å². The minimum atomic E-state index is -3.64. The maximum Gasteiger partial charge on any atom is 0.194 e. The molecular formula is C10H9Cl2NO2S. The highest BCUT2D eigenvalue weighted by Gasteiger charge is 2.26. The van der Waals surface area contributed by atoms with E-state index >= 15 is 0 Å². The summed E-state index contributed by atoms with van der Waals surface area (Å²) in [6.07, 6.45) is 0.235. The van der Waals surface area contributed by atoms with E-state index in [2.05, 4.69) is 0 Å². The lowest BCUT2D eigenvalue weighted by atomic mass is 10.3. The molecule has 6 heteroatoms. The summed E-state index contributed by atoms with van der Waals surface area (Å²) in [6, 6.07) is 5.78. The quantitative estimate of drug-likeness (QED) is 0.853. The molecule has 0 aliphatic carbocycles. The molecule has 1 aromatic rings. The van der Waals surface area contributed by atoms with Gasteiger partial charge in [0.25, 0.3) is 0 Å². The van der Waals surface area contributed by atoms with Crippen LogP contribution in [0.25, 0.3) is 0 Å². The van der Waals surface area contributed by atoms with E-state index < -0.39 is 15.1 Å². The van der Waals surface area contributed by atoms with Gasteiger partial charge >= 0.3 is 0 Å². The molecule has 0 saturated carbocycles. The zero-order chi connectivity index (χ0) is 12.3. The zero-order valence-electron chi connectivity index (χ0n) is 8.44. The Hall–Kier alpha value is -0.760. The van der Waals surface area contributed by atoms with Gasteiger partial charge in [-0.05, 0) is 24.6 Å². The van der Waals surface area contributed by atoms with Crippen LogP contribution in [0.1, 0.15) is 13.3 Å². The molecule has 0 N–H and O–H groups in total. The Morgan fingerprint density at radius 1 is 1.38 bits per heavy atom. The van der Waals surface area contributed by atoms with E-state index in [1.165, 1.54) is 18.2 Å². The molecule has 0 spiro atoms. The third-order valence-electron chi connectivity index (χ3n) is 2.11. The first kappa shape index (κ1) is 13.3. The minimum Gasteiger partial charge on any atom is -0.222 e. The molecule has 0 saturated heterocycles. The molecular weight excluding hydrogens is 269 g/mol. The Kier molecular flexibility index (Phi) is 4.20. The zero-order valence-corrected chi connectivity index (χ0v) is 10.8. The summed E-state index contributed by atoms with van der Waals surface area (Å²) in [4.78, 5) is 0.0234. The number of benzene rings is 1. The second kappa shape index (κ2) is 5.05. The van der Waals surface area contributed by atoms with Crippen molar-refractivity contribution in [1.82, 2.24) is 0 Å². The third-order valence-corrected chi connectivity index (χ3v) is 4.95. The Morgan fingerprint density at radius 3 is 2.44 bits per heavy atom. The van der Waals surface area contributed by atoms with Gasteiger partial charge in [0.05, 0.1) is 21.0 Å². The summed E-state index contributed by atoms with van der Waals surface area (Å²) in [7, 11) is -3.64. The van der Waals surface area contributed by atoms with Crippen molar-refractivity contribution in [2.75, 3.05) is 0 Å². The summed E-state index contributed by atoms with van der Waals surface area (Å²) in [5.41, 5.74) is 0. The number of halogens is 2. The fourth-order valence-corrected chi connectivity index (χ4v) is 3.01. The molecule has 1 aromatic carbocycles. The molecule has 86 valence electrons. The average Bonchev–Trinajstić information content (AvgIpc) is 2.23. The van der Waals surface area contributed by atoms with Crippen LogP contribution < -0.4 is 0 Å². The molecule has 0 aliphatic rings. The Labute approximate surface area is 105 Å². The first-order valence-corrected chi connectivity index (χ1v) is 6.82. The van der Waals surface area contributed by atoms with Crippen molar-refractivity contribution in [1.29, 1.82) is 5.26 Å². The van der Waals surface area contributed by atoms with Crippen LogP contribution in [0.15, 0.2) is 23.1 Å². The number of rotatable bonds is 3. The SMILES string of the molecule is CCC(C#N)S(=O)(=O)c1ccc(Cl)c(Cl)c1. The highest BCUT2D eigenvalue weighted by atomic mass is 35.5. The van der Waals surface area contributed by atoms with E-state index in [-0.39, 0.29) is 21.4 Å². The molecule has 0 aliphatic heterocycles. The van der Waals surface area contributed by atoms with Gasteiger partial charge in [-0.15, -0.1) is 0 Å². The topological polar surface area (TPSA) is 57.9 Å². The lowest BCUT2D eigenvalue weighted by molar-refractivity contribution is 0.587. The first-order valence-electron chi connectivity index (χ1n) is 4.52. The van der Waals surface area contributed by atoms with Crippen molar-refractivity contribution < 1.29 is 8.42 Å². The van der Waals surface area contributed by atoms with Crippen molar-refractivity contribution in [2.24, 2.45) is 0 Å². The minimum absolute atomic E-state index is 0.0234. The number of nitrogens with zero attached hydrogens (tertiary/aromatic N) is 1. The highest BCUT2D eigenvalue weighted by Crippen LogP contribution is 2.27. The Morgan fingerprint density at radius 2 is 2.00 bits per heavy atom. The predicted octanol–water partition coefficient (Wildman–Crippen LogP) is 3.07. The smallest absolute Gasteiger partial charge is 0.194 e. The van der Waals surface area contributed by atoms with Crippen molar-refractivity contribution in [2.45, 2.75) is 23.5 Å². The summed E-state index contributed by atoms with van der Waals surface area (Å²) in [5.74, 6) is 0. The van der Waals surface area contributed by atoms with Crippen molar-refractivity contribution in [3.63, 3.8) is 0 Å². The molecule has 0 aromatic heterocycles. The molecule has 0 bridgehead atoms. The Bertz CT molecular complexity index is 534. The summed E-state index contributed by atoms with van der Waals surface area (Å²) < 4.78 is 23.9. The maximum atomic E-state index is 11.9. The monoisotopic (exact) mass is 277 g/mol. The molecule has 0 heterocycles. The van der Waals surface area contributed by atoms with Crippen LogP contribution in [0, 0.1) is 11.3 Å². The average molecular weight is 278 g/mol. The van der Waals surface area contributed by atoms with E-state index in [1.807, 2.05) is 0 Å². The molecule has 3 nitrogen and oxygen atoms in total. The van der Waals surface area contributed by atoms with Crippen LogP contribution in [0.4, 0.5) is 0 Å². The summed E-state index contributed by atoms with van der Waals surface area (Å²) >= 11 is 11.4. The second-order valence-corrected chi connectivity index (χ2v) is 6.09. The summed E-state index contributed by atoms with van der Waals surface area (Å²) in [5, 5.41) is 8.15. The van der Waals surface area contributed by atoms with Gasteiger partial charge in [0.2, 0.25) is 0 Å². The molecule has 0 fully saturated rings. The van der Waals surface area contributed by atoms with Crippen molar-refractivity contribution >= 4 is 33.0 Å². The van der Waals surface area contributed by atoms with E-state index in [0.717, 1.165) is 0 Å². The number of hydrogen-bond acceptors (Lipinski definition) is 3. The van der Waals surface area contributed by atoms with Gasteiger partial charge in [-0.3, -0.25) is 0 Å². The van der Waals surface area contributed by atoms with Crippen molar-refractivity contribution in [3.8, 4) is 6.07 Å². The number of hydrogen-bond donors (Lipinski definition) is 0. The number of nitriles is 1. The second-order valence-electron chi connectivity index (χ2n) is 3.15. The molecule has 16 heavy (non-hydrogen) atoms. The van der Waals surface area contributed by atoms with Crippen LogP contribution in [-0.2, 0) is 9.84 Å². The van der Waals surface area contributed by atoms with Crippen LogP contribution in [-0.4, -0.2) is 13.7 Å². The van der Waals surface area contributed by atoms with E-state index in [0.29, 0.717) is 0 Å². The summed E-state index contributed by atoms with van der Waals surface area (Å²) in [6.45, 7) is 1.64. The van der Waals surface area contributed by atoms with Gasteiger partial charge in [0, 0.05) is 0 Å². The normalized spacial score (nSPS) is 13.1. The molecule has 0 radical (unpaired) electrons. The first-order chi connectivity index (χ1) is 7.43. The molecule has 0 amide bonds.